The molecule has 3 heterocycles. The van der Waals surface area contributed by atoms with E-state index in [4.69, 9.17) is 0 Å². The maximum atomic E-state index is 12.7. The highest BCUT2D eigenvalue weighted by molar-refractivity contribution is 7.11. The Labute approximate surface area is 134 Å². The molecule has 1 amide bonds. The molecule has 2 aromatic heterocycles. The van der Waals surface area contributed by atoms with Crippen molar-refractivity contribution in [2.75, 3.05) is 18.0 Å². The third kappa shape index (κ3) is 3.29. The molecule has 2 aromatic rings. The predicted octanol–water partition coefficient (Wildman–Crippen LogP) is 2.48. The monoisotopic (exact) mass is 342 g/mol. The number of halogens is 3. The molecule has 0 aliphatic carbocycles. The van der Waals surface area contributed by atoms with Gasteiger partial charge in [-0.15, -0.1) is 11.3 Å². The van der Waals surface area contributed by atoms with Crippen LogP contribution in [0, 0.1) is 6.92 Å². The quantitative estimate of drug-likeness (QED) is 0.931. The Morgan fingerprint density at radius 2 is 2.13 bits per heavy atom. The largest absolute Gasteiger partial charge is 0.416 e. The van der Waals surface area contributed by atoms with Crippen LogP contribution in [0.4, 0.5) is 19.0 Å². The number of alkyl halides is 3. The van der Waals surface area contributed by atoms with E-state index in [-0.39, 0.29) is 17.8 Å². The number of nitrogens with one attached hydrogen (secondary N) is 1. The first kappa shape index (κ1) is 15.7. The number of aromatic nitrogens is 2. The van der Waals surface area contributed by atoms with Gasteiger partial charge >= 0.3 is 6.18 Å². The van der Waals surface area contributed by atoms with E-state index in [1.54, 1.807) is 17.3 Å². The number of thiazole rings is 1. The third-order valence-electron chi connectivity index (χ3n) is 3.57. The van der Waals surface area contributed by atoms with Crippen LogP contribution in [0.25, 0.3) is 0 Å². The Bertz CT molecular complexity index is 725. The Hall–Kier alpha value is -2.16. The summed E-state index contributed by atoms with van der Waals surface area (Å²) in [5, 5.41) is 2.84. The summed E-state index contributed by atoms with van der Waals surface area (Å²) in [6.07, 6.45) is -3.25. The lowest BCUT2D eigenvalue weighted by Crippen LogP contribution is -2.59. The molecule has 0 bridgehead atoms. The zero-order valence-electron chi connectivity index (χ0n) is 12.1. The molecule has 9 heteroatoms. The normalized spacial score (nSPS) is 15.4. The highest BCUT2D eigenvalue weighted by Crippen LogP contribution is 2.31. The van der Waals surface area contributed by atoms with Crippen molar-refractivity contribution in [2.24, 2.45) is 0 Å². The maximum absolute atomic E-state index is 12.7. The predicted molar refractivity (Wildman–Crippen MR) is 79.6 cm³/mol. The number of hydrogen-bond acceptors (Lipinski definition) is 5. The molecule has 23 heavy (non-hydrogen) atoms. The molecule has 0 aromatic carbocycles. The lowest BCUT2D eigenvalue weighted by atomic mass is 10.1. The van der Waals surface area contributed by atoms with Crippen LogP contribution in [-0.4, -0.2) is 35.0 Å². The minimum absolute atomic E-state index is 0.111. The Morgan fingerprint density at radius 3 is 2.74 bits per heavy atom. The van der Waals surface area contributed by atoms with Gasteiger partial charge in [0.15, 0.2) is 0 Å². The Morgan fingerprint density at radius 1 is 1.39 bits per heavy atom. The third-order valence-corrected chi connectivity index (χ3v) is 4.49. The first-order chi connectivity index (χ1) is 10.8. The number of aryl methyl sites for hydroxylation is 1. The molecule has 1 fully saturated rings. The summed E-state index contributed by atoms with van der Waals surface area (Å²) in [4.78, 5) is 22.3. The van der Waals surface area contributed by atoms with Gasteiger partial charge in [-0.2, -0.15) is 13.2 Å². The van der Waals surface area contributed by atoms with Crippen LogP contribution >= 0.6 is 11.3 Å². The first-order valence-electron chi connectivity index (χ1n) is 6.84. The van der Waals surface area contributed by atoms with Crippen LogP contribution in [0.2, 0.25) is 0 Å². The lowest BCUT2D eigenvalue weighted by molar-refractivity contribution is -0.137. The highest BCUT2D eigenvalue weighted by atomic mass is 32.1. The zero-order valence-corrected chi connectivity index (χ0v) is 12.9. The van der Waals surface area contributed by atoms with E-state index < -0.39 is 11.7 Å². The number of amides is 1. The number of carbonyl (C=O) groups excluding carboxylic acids is 1. The van der Waals surface area contributed by atoms with Crippen molar-refractivity contribution < 1.29 is 18.0 Å². The van der Waals surface area contributed by atoms with Crippen molar-refractivity contribution in [3.05, 3.63) is 40.0 Å². The Balaban J connectivity index is 1.59. The number of nitrogens with zero attached hydrogens (tertiary/aromatic N) is 3. The smallest absolute Gasteiger partial charge is 0.352 e. The molecular weight excluding hydrogens is 329 g/mol. The van der Waals surface area contributed by atoms with Gasteiger partial charge in [0.25, 0.3) is 5.91 Å². The van der Waals surface area contributed by atoms with Crippen LogP contribution in [0.3, 0.4) is 0 Å². The van der Waals surface area contributed by atoms with Crippen molar-refractivity contribution >= 4 is 23.1 Å². The van der Waals surface area contributed by atoms with Gasteiger partial charge in [0, 0.05) is 19.3 Å². The summed E-state index contributed by atoms with van der Waals surface area (Å²) in [7, 11) is 0. The van der Waals surface area contributed by atoms with Crippen LogP contribution in [0.15, 0.2) is 23.8 Å². The summed E-state index contributed by atoms with van der Waals surface area (Å²) in [6, 6.07) is 1.85. The minimum Gasteiger partial charge on any atom is -0.352 e. The second kappa shape index (κ2) is 5.80. The fourth-order valence-electron chi connectivity index (χ4n) is 2.30. The van der Waals surface area contributed by atoms with Crippen molar-refractivity contribution in [3.8, 4) is 0 Å². The molecule has 0 radical (unpaired) electrons. The molecule has 5 nitrogen and oxygen atoms in total. The summed E-state index contributed by atoms with van der Waals surface area (Å²) in [5.41, 5.74) is 1.54. The number of rotatable bonds is 3. The molecule has 0 saturated carbocycles. The SMILES string of the molecule is Cc1ncsc1C(=O)NC1CN(c2cc(C(F)(F)F)ccn2)C1. The molecule has 1 aliphatic rings. The van der Waals surface area contributed by atoms with E-state index in [9.17, 15) is 18.0 Å². The van der Waals surface area contributed by atoms with Gasteiger partial charge < -0.3 is 10.2 Å². The van der Waals surface area contributed by atoms with Gasteiger partial charge in [-0.3, -0.25) is 4.79 Å². The van der Waals surface area contributed by atoms with Gasteiger partial charge in [-0.25, -0.2) is 9.97 Å². The summed E-state index contributed by atoms with van der Waals surface area (Å²) in [6.45, 7) is 2.61. The summed E-state index contributed by atoms with van der Waals surface area (Å²) >= 11 is 1.26. The Kier molecular flexibility index (Phi) is 3.97. The molecule has 1 aliphatic heterocycles. The van der Waals surface area contributed by atoms with E-state index in [1.807, 2.05) is 0 Å². The van der Waals surface area contributed by atoms with E-state index >= 15 is 0 Å². The highest BCUT2D eigenvalue weighted by Gasteiger charge is 2.34. The second-order valence-electron chi connectivity index (χ2n) is 5.24. The van der Waals surface area contributed by atoms with Crippen molar-refractivity contribution in [2.45, 2.75) is 19.1 Å². The van der Waals surface area contributed by atoms with Crippen LogP contribution in [-0.2, 0) is 6.18 Å². The fraction of sp³-hybridized carbons (Fsp3) is 0.357. The molecule has 1 N–H and O–H groups in total. The van der Waals surface area contributed by atoms with E-state index in [2.05, 4.69) is 15.3 Å². The van der Waals surface area contributed by atoms with Crippen LogP contribution in [0.1, 0.15) is 20.9 Å². The van der Waals surface area contributed by atoms with E-state index in [0.717, 1.165) is 18.3 Å². The second-order valence-corrected chi connectivity index (χ2v) is 6.10. The molecular formula is C14H13F3N4OS. The van der Waals surface area contributed by atoms with Crippen molar-refractivity contribution in [3.63, 3.8) is 0 Å². The van der Waals surface area contributed by atoms with E-state index in [1.165, 1.54) is 11.3 Å². The van der Waals surface area contributed by atoms with Crippen LogP contribution < -0.4 is 10.2 Å². The van der Waals surface area contributed by atoms with Gasteiger partial charge in [0.05, 0.1) is 22.8 Å². The molecule has 3 rings (SSSR count). The zero-order chi connectivity index (χ0) is 16.6. The molecule has 0 spiro atoms. The van der Waals surface area contributed by atoms with Crippen molar-refractivity contribution in [1.29, 1.82) is 0 Å². The molecule has 0 atom stereocenters. The number of carbonyl (C=O) groups is 1. The number of anilines is 1. The van der Waals surface area contributed by atoms with Gasteiger partial charge in [-0.05, 0) is 19.1 Å². The lowest BCUT2D eigenvalue weighted by Gasteiger charge is -2.40. The van der Waals surface area contributed by atoms with Gasteiger partial charge in [-0.1, -0.05) is 0 Å². The fourth-order valence-corrected chi connectivity index (χ4v) is 3.00. The van der Waals surface area contributed by atoms with Crippen LogP contribution in [0.5, 0.6) is 0 Å². The molecule has 1 saturated heterocycles. The number of pyridine rings is 1. The minimum atomic E-state index is -4.39. The summed E-state index contributed by atoms with van der Waals surface area (Å²) in [5.74, 6) is 0.0611. The first-order valence-corrected chi connectivity index (χ1v) is 7.71. The topological polar surface area (TPSA) is 58.1 Å². The maximum Gasteiger partial charge on any atom is 0.416 e. The van der Waals surface area contributed by atoms with Gasteiger partial charge in [0.1, 0.15) is 10.7 Å². The molecule has 122 valence electrons. The number of hydrogen-bond donors (Lipinski definition) is 1. The summed E-state index contributed by atoms with van der Waals surface area (Å²) < 4.78 is 38.1. The van der Waals surface area contributed by atoms with E-state index in [0.29, 0.717) is 23.7 Å². The standard InChI is InChI=1S/C14H13F3N4OS/c1-8-12(23-7-19-8)13(22)20-10-5-21(6-10)11-4-9(2-3-18-11)14(15,16)17/h2-4,7,10H,5-6H2,1H3,(H,20,22). The van der Waals surface area contributed by atoms with Crippen molar-refractivity contribution in [1.82, 2.24) is 15.3 Å². The average molecular weight is 342 g/mol. The molecule has 0 unspecified atom stereocenters. The van der Waals surface area contributed by atoms with Gasteiger partial charge in [0.2, 0.25) is 0 Å². The average Bonchev–Trinajstić information content (AvgIpc) is 2.87.